The molecule has 0 saturated heterocycles. The minimum atomic E-state index is -1.25. The van der Waals surface area contributed by atoms with Crippen LogP contribution in [0, 0.1) is 5.41 Å². The number of ether oxygens (including phenoxy) is 6. The van der Waals surface area contributed by atoms with Crippen LogP contribution in [0.3, 0.4) is 0 Å². The summed E-state index contributed by atoms with van der Waals surface area (Å²) in [7, 11) is 1.55. The van der Waals surface area contributed by atoms with E-state index in [4.69, 9.17) is 18.9 Å². The van der Waals surface area contributed by atoms with Crippen molar-refractivity contribution in [3.8, 4) is 0 Å². The third-order valence-corrected chi connectivity index (χ3v) is 5.18. The summed E-state index contributed by atoms with van der Waals surface area (Å²) >= 11 is 15.9. The van der Waals surface area contributed by atoms with Crippen LogP contribution >= 0.6 is 50.5 Å². The molecule has 0 unspecified atom stereocenters. The van der Waals surface area contributed by atoms with E-state index in [9.17, 15) is 24.0 Å². The van der Waals surface area contributed by atoms with Crippen LogP contribution < -0.4 is 0 Å². The predicted octanol–water partition coefficient (Wildman–Crippen LogP) is 2.18. The first-order valence-electron chi connectivity index (χ1n) is 11.9. The first-order chi connectivity index (χ1) is 18.5. The smallest absolute Gasteiger partial charge is 0.333 e. The normalized spacial score (nSPS) is 10.4. The second-order valence-electron chi connectivity index (χ2n) is 7.95. The lowest BCUT2D eigenvalue weighted by molar-refractivity contribution is -0.170. The van der Waals surface area contributed by atoms with Gasteiger partial charge in [-0.2, -0.15) is 50.5 Å². The van der Waals surface area contributed by atoms with E-state index in [1.54, 1.807) is 14.0 Å². The second kappa shape index (κ2) is 25.4. The van der Waals surface area contributed by atoms with Crippen LogP contribution in [0.1, 0.15) is 32.6 Å². The maximum Gasteiger partial charge on any atom is 0.333 e. The number of carbonyl (C=O) groups is 5. The van der Waals surface area contributed by atoms with Crippen LogP contribution in [0.5, 0.6) is 0 Å². The lowest BCUT2D eigenvalue weighted by Gasteiger charge is -2.31. The van der Waals surface area contributed by atoms with Crippen LogP contribution in [0.4, 0.5) is 0 Å². The number of hydrogen-bond acceptors (Lipinski definition) is 15. The Hall–Kier alpha value is -1.55. The van der Waals surface area contributed by atoms with Crippen LogP contribution in [-0.4, -0.2) is 99.6 Å². The van der Waals surface area contributed by atoms with Gasteiger partial charge in [0.1, 0.15) is 38.4 Å². The van der Waals surface area contributed by atoms with Crippen molar-refractivity contribution in [2.45, 2.75) is 32.6 Å². The van der Waals surface area contributed by atoms with Gasteiger partial charge < -0.3 is 28.4 Å². The molecule has 0 atom stereocenters. The molecule has 0 aromatic rings. The molecular weight excluding hydrogens is 593 g/mol. The van der Waals surface area contributed by atoms with Crippen molar-refractivity contribution in [3.05, 3.63) is 12.2 Å². The number of hydrogen-bond donors (Lipinski definition) is 4. The quantitative estimate of drug-likeness (QED) is 0.0516. The van der Waals surface area contributed by atoms with Crippen molar-refractivity contribution in [2.24, 2.45) is 5.41 Å². The van der Waals surface area contributed by atoms with Crippen LogP contribution in [0.25, 0.3) is 0 Å². The zero-order chi connectivity index (χ0) is 30.1. The average molecular weight is 633 g/mol. The van der Waals surface area contributed by atoms with E-state index in [2.05, 4.69) is 66.6 Å². The van der Waals surface area contributed by atoms with Gasteiger partial charge in [0.25, 0.3) is 0 Å². The molecule has 0 aliphatic carbocycles. The summed E-state index contributed by atoms with van der Waals surface area (Å²) in [6.07, 6.45) is 0.268. The van der Waals surface area contributed by atoms with E-state index in [1.165, 1.54) is 0 Å². The first-order valence-corrected chi connectivity index (χ1v) is 14.4. The minimum absolute atomic E-state index is 0.0670. The highest BCUT2D eigenvalue weighted by Gasteiger charge is 2.37. The Morgan fingerprint density at radius 2 is 0.897 bits per heavy atom. The molecular formula is C24H40O11S4. The van der Waals surface area contributed by atoms with Crippen LogP contribution in [0.15, 0.2) is 12.2 Å². The van der Waals surface area contributed by atoms with Crippen molar-refractivity contribution in [2.75, 3.05) is 69.8 Å². The average Bonchev–Trinajstić information content (AvgIpc) is 2.89. The molecule has 0 heterocycles. The van der Waals surface area contributed by atoms with Crippen molar-refractivity contribution >= 4 is 80.4 Å². The zero-order valence-corrected chi connectivity index (χ0v) is 26.0. The van der Waals surface area contributed by atoms with Crippen molar-refractivity contribution in [1.82, 2.24) is 0 Å². The minimum Gasteiger partial charge on any atom is -0.465 e. The van der Waals surface area contributed by atoms with E-state index < -0.39 is 29.3 Å². The molecule has 0 rings (SSSR count). The molecule has 0 fully saturated rings. The molecule has 0 aromatic carbocycles. The molecule has 0 saturated carbocycles. The molecule has 0 aliphatic heterocycles. The monoisotopic (exact) mass is 632 g/mol. The fourth-order valence-corrected chi connectivity index (χ4v) is 2.91. The Labute approximate surface area is 252 Å². The van der Waals surface area contributed by atoms with Crippen LogP contribution in [0.2, 0.25) is 0 Å². The molecule has 0 spiro atoms. The van der Waals surface area contributed by atoms with Crippen molar-refractivity contribution in [1.29, 1.82) is 0 Å². The van der Waals surface area contributed by atoms with Gasteiger partial charge >= 0.3 is 29.8 Å². The van der Waals surface area contributed by atoms with Gasteiger partial charge in [0.05, 0.1) is 32.3 Å². The molecule has 0 aromatic heterocycles. The Morgan fingerprint density at radius 1 is 0.590 bits per heavy atom. The number of esters is 5. The third-order valence-electron chi connectivity index (χ3n) is 4.29. The van der Waals surface area contributed by atoms with Gasteiger partial charge in [-0.1, -0.05) is 6.58 Å². The largest absolute Gasteiger partial charge is 0.465 e. The Kier molecular flexibility index (Phi) is 25.8. The number of rotatable bonds is 20. The summed E-state index contributed by atoms with van der Waals surface area (Å²) in [5, 5.41) is 0. The highest BCUT2D eigenvalue weighted by Crippen LogP contribution is 2.22. The fraction of sp³-hybridized carbons (Fsp3) is 0.708. The lowest BCUT2D eigenvalue weighted by atomic mass is 9.92. The third kappa shape index (κ3) is 22.9. The van der Waals surface area contributed by atoms with Gasteiger partial charge in [0.15, 0.2) is 0 Å². The molecule has 0 bridgehead atoms. The molecule has 0 N–H and O–H groups in total. The van der Waals surface area contributed by atoms with E-state index in [-0.39, 0.29) is 81.1 Å². The number of thiol groups is 4. The van der Waals surface area contributed by atoms with Gasteiger partial charge in [-0.15, -0.1) is 0 Å². The molecule has 39 heavy (non-hydrogen) atoms. The molecule has 0 amide bonds. The van der Waals surface area contributed by atoms with E-state index in [0.717, 1.165) is 0 Å². The number of carbonyl (C=O) groups excluding carboxylic acids is 5. The Balaban J connectivity index is 0. The predicted molar refractivity (Wildman–Crippen MR) is 158 cm³/mol. The topological polar surface area (TPSA) is 141 Å². The fourth-order valence-electron chi connectivity index (χ4n) is 2.18. The highest BCUT2D eigenvalue weighted by atomic mass is 32.1. The Bertz CT molecular complexity index is 669. The van der Waals surface area contributed by atoms with Gasteiger partial charge in [-0.3, -0.25) is 19.2 Å². The first kappa shape index (κ1) is 39.6. The summed E-state index contributed by atoms with van der Waals surface area (Å²) in [5.41, 5.74) is -0.840. The molecule has 11 nitrogen and oxygen atoms in total. The summed E-state index contributed by atoms with van der Waals surface area (Å²) in [4.78, 5) is 57.8. The van der Waals surface area contributed by atoms with Gasteiger partial charge in [0, 0.05) is 35.7 Å². The Morgan fingerprint density at radius 3 is 1.13 bits per heavy atom. The van der Waals surface area contributed by atoms with Gasteiger partial charge in [-0.05, 0) is 6.92 Å². The van der Waals surface area contributed by atoms with Gasteiger partial charge in [-0.25, -0.2) is 4.79 Å². The molecule has 226 valence electrons. The van der Waals surface area contributed by atoms with Crippen molar-refractivity contribution in [3.63, 3.8) is 0 Å². The lowest BCUT2D eigenvalue weighted by Crippen LogP contribution is -2.44. The maximum atomic E-state index is 11.8. The van der Waals surface area contributed by atoms with E-state index in [0.29, 0.717) is 18.8 Å². The van der Waals surface area contributed by atoms with E-state index >= 15 is 0 Å². The SMILES string of the molecule is C=C(C)C(=O)OCCOC.O=C(CCS)OCC(COC(=O)CCS)(COC(=O)CCS)COC(=O)CCS. The second-order valence-corrected chi connectivity index (χ2v) is 9.74. The summed E-state index contributed by atoms with van der Waals surface area (Å²) in [6, 6.07) is 0. The van der Waals surface area contributed by atoms with E-state index in [1.807, 2.05) is 0 Å². The highest BCUT2D eigenvalue weighted by molar-refractivity contribution is 7.80. The zero-order valence-electron chi connectivity index (χ0n) is 22.4. The number of methoxy groups -OCH3 is 1. The summed E-state index contributed by atoms with van der Waals surface area (Å²) < 4.78 is 30.2. The molecule has 15 heteroatoms. The summed E-state index contributed by atoms with van der Waals surface area (Å²) in [5.74, 6) is -1.34. The maximum absolute atomic E-state index is 11.8. The van der Waals surface area contributed by atoms with Crippen molar-refractivity contribution < 1.29 is 52.4 Å². The van der Waals surface area contributed by atoms with Gasteiger partial charge in [0.2, 0.25) is 0 Å². The standard InChI is InChI=1S/C17H28O8S4.C7H12O3/c18-13(1-5-26)22-9-17(10-23-14(19)2-6-27,11-24-15(20)3-7-28)12-25-16(21)4-8-29;1-6(2)7(8)10-5-4-9-3/h26-29H,1-12H2;1,4-5H2,2-3H3. The summed E-state index contributed by atoms with van der Waals surface area (Å²) in [6.45, 7) is 4.62. The molecule has 0 aliphatic rings. The van der Waals surface area contributed by atoms with Crippen LogP contribution in [-0.2, 0) is 52.4 Å². The molecule has 0 radical (unpaired) electrons.